The molecule has 0 aromatic heterocycles. The Kier molecular flexibility index (Phi) is 7.42. The van der Waals surface area contributed by atoms with Gasteiger partial charge in [0.15, 0.2) is 0 Å². The van der Waals surface area contributed by atoms with Crippen molar-refractivity contribution in [2.75, 3.05) is 0 Å². The number of alkyl halides is 15. The largest absolute Gasteiger partial charge is 0.768 e. The van der Waals surface area contributed by atoms with Crippen LogP contribution in [0.4, 0.5) is 57.1 Å². The van der Waals surface area contributed by atoms with Crippen LogP contribution >= 0.6 is 31.9 Å². The van der Waals surface area contributed by atoms with Crippen LogP contribution in [-0.4, -0.2) is 47.9 Å². The molecule has 0 heterocycles. The maximum absolute atomic E-state index is 13.6. The fourth-order valence-electron chi connectivity index (χ4n) is 0.900. The molecule has 0 aliphatic carbocycles. The molecule has 0 radical (unpaired) electrons. The normalized spacial score (nSPS) is 20.7. The molecule has 0 saturated heterocycles. The van der Waals surface area contributed by atoms with Gasteiger partial charge in [0, 0.05) is 11.1 Å². The zero-order chi connectivity index (χ0) is 22.5. The van der Waals surface area contributed by atoms with Gasteiger partial charge in [-0.15, -0.1) is 0 Å². The van der Waals surface area contributed by atoms with Crippen molar-refractivity contribution in [3.63, 3.8) is 0 Å². The van der Waals surface area contributed by atoms with E-state index in [1.54, 1.807) is 4.74 Å². The molecule has 3 atom stereocenters. The Morgan fingerprint density at radius 1 is 0.704 bits per heavy atom. The maximum atomic E-state index is 13.6. The molecule has 0 N–H and O–H groups in total. The second kappa shape index (κ2) is 7.40. The van der Waals surface area contributed by atoms with Gasteiger partial charge < -0.3 is 4.55 Å². The van der Waals surface area contributed by atoms with E-state index in [2.05, 4.69) is 4.74 Å². The second-order valence-corrected chi connectivity index (χ2v) is 7.09. The predicted molar refractivity (Wildman–Crippen MR) is 62.5 cm³/mol. The molecule has 0 bridgehead atoms. The quantitative estimate of drug-likeness (QED) is 0.230. The Balaban J connectivity index is 6.31. The van der Waals surface area contributed by atoms with Crippen molar-refractivity contribution in [3.8, 4) is 0 Å². The van der Waals surface area contributed by atoms with E-state index in [0.29, 0.717) is 0 Å². The van der Waals surface area contributed by atoms with Crippen LogP contribution in [0.25, 0.3) is 0 Å². The van der Waals surface area contributed by atoms with Gasteiger partial charge in [0.1, 0.15) is 0 Å². The lowest BCUT2D eigenvalue weighted by molar-refractivity contribution is -0.524. The lowest BCUT2D eigenvalue weighted by Gasteiger charge is -2.39. The van der Waals surface area contributed by atoms with Gasteiger partial charge in [-0.3, -0.25) is 13.7 Å². The topological polar surface area (TPSA) is 58.6 Å². The van der Waals surface area contributed by atoms with Crippen molar-refractivity contribution >= 4 is 42.9 Å². The molecule has 0 spiro atoms. The molecule has 0 saturated carbocycles. The fourth-order valence-corrected chi connectivity index (χ4v) is 1.42. The fraction of sp³-hybridized carbons (Fsp3) is 1.00. The van der Waals surface area contributed by atoms with Gasteiger partial charge in [-0.1, -0.05) is 0 Å². The number of ether oxygens (including phenoxy) is 2. The van der Waals surface area contributed by atoms with Gasteiger partial charge in [0.05, 0.1) is 0 Å². The Hall–Kier alpha value is 0.0800. The Morgan fingerprint density at radius 2 is 1.07 bits per heavy atom. The van der Waals surface area contributed by atoms with Crippen LogP contribution in [-0.2, 0) is 20.6 Å². The highest BCUT2D eigenvalue weighted by Crippen LogP contribution is 2.56. The maximum Gasteiger partial charge on any atom is 0.458 e. The molecule has 4 nitrogen and oxygen atoms in total. The first-order valence-corrected chi connectivity index (χ1v) is 7.85. The summed E-state index contributed by atoms with van der Waals surface area (Å²) >= 11 is -3.43. The molecule has 0 aromatic carbocycles. The molecule has 164 valence electrons. The van der Waals surface area contributed by atoms with Crippen LogP contribution in [0.1, 0.15) is 0 Å². The van der Waals surface area contributed by atoms with Crippen molar-refractivity contribution in [1.29, 1.82) is 0 Å². The van der Waals surface area contributed by atoms with Crippen molar-refractivity contribution in [2.24, 2.45) is 0 Å². The van der Waals surface area contributed by atoms with Crippen LogP contribution in [0.2, 0.25) is 0 Å². The Bertz CT molecular complexity index is 576. The van der Waals surface area contributed by atoms with E-state index < -0.39 is 50.2 Å². The number of hydrogen-bond acceptors (Lipinski definition) is 4. The molecular formula is C7Br2F13O4S-. The minimum atomic E-state index is -7.48. The van der Waals surface area contributed by atoms with Crippen LogP contribution in [0.5, 0.6) is 0 Å². The van der Waals surface area contributed by atoms with E-state index in [1.165, 1.54) is 0 Å². The highest BCUT2D eigenvalue weighted by molar-refractivity contribution is 9.12. The highest BCUT2D eigenvalue weighted by Gasteiger charge is 2.82. The first kappa shape index (κ1) is 27.1. The molecule has 0 aliphatic rings. The van der Waals surface area contributed by atoms with E-state index in [0.717, 1.165) is 31.9 Å². The molecule has 0 amide bonds. The minimum absolute atomic E-state index is 0.950. The number of rotatable bonds is 8. The van der Waals surface area contributed by atoms with Gasteiger partial charge in [-0.2, -0.15) is 57.1 Å². The first-order chi connectivity index (χ1) is 11.4. The summed E-state index contributed by atoms with van der Waals surface area (Å²) < 4.78 is 185. The third-order valence-corrected chi connectivity index (χ3v) is 4.50. The van der Waals surface area contributed by atoms with E-state index in [-0.39, 0.29) is 0 Å². The summed E-state index contributed by atoms with van der Waals surface area (Å²) in [5.74, 6) is -7.45. The van der Waals surface area contributed by atoms with E-state index in [9.17, 15) is 65.8 Å². The monoisotopic (exact) mass is 585 g/mol. The van der Waals surface area contributed by atoms with Crippen LogP contribution in [0, 0.1) is 0 Å². The van der Waals surface area contributed by atoms with E-state index in [4.69, 9.17) is 0 Å². The Morgan fingerprint density at radius 3 is 1.33 bits per heavy atom. The summed E-state index contributed by atoms with van der Waals surface area (Å²) in [6.07, 6.45) is -21.9. The van der Waals surface area contributed by atoms with Gasteiger partial charge in [-0.25, -0.2) is 0 Å². The van der Waals surface area contributed by atoms with Crippen molar-refractivity contribution in [2.45, 2.75) is 39.1 Å². The van der Waals surface area contributed by atoms with Crippen molar-refractivity contribution in [1.82, 2.24) is 0 Å². The summed E-state index contributed by atoms with van der Waals surface area (Å²) in [6, 6.07) is 0. The van der Waals surface area contributed by atoms with Crippen molar-refractivity contribution in [3.05, 3.63) is 0 Å². The van der Waals surface area contributed by atoms with Gasteiger partial charge in [0.25, 0.3) is 0 Å². The van der Waals surface area contributed by atoms with Crippen molar-refractivity contribution < 1.29 is 75.3 Å². The van der Waals surface area contributed by atoms with Gasteiger partial charge in [-0.05, 0) is 31.9 Å². The number of halogens is 15. The average molecular weight is 587 g/mol. The summed E-state index contributed by atoms with van der Waals surface area (Å²) in [5.41, 5.74) is 0. The summed E-state index contributed by atoms with van der Waals surface area (Å²) in [7, 11) is 0. The Labute approximate surface area is 157 Å². The standard InChI is InChI=1S/C7HBr2F13O4S/c8-2(11,12)3(9,13)26-5(17,18)1(10,4(14,15)16)25-6(19,20)7(21,22)27(23)24/h(H,23,24)/p-1. The molecule has 0 aromatic rings. The molecular weight excluding hydrogens is 587 g/mol. The predicted octanol–water partition coefficient (Wildman–Crippen LogP) is 4.91. The molecule has 20 heteroatoms. The lowest BCUT2D eigenvalue weighted by Crippen LogP contribution is -2.65. The first-order valence-electron chi connectivity index (χ1n) is 5.19. The second-order valence-electron chi connectivity index (χ2n) is 4.10. The zero-order valence-electron chi connectivity index (χ0n) is 11.2. The minimum Gasteiger partial charge on any atom is -0.768 e. The van der Waals surface area contributed by atoms with E-state index >= 15 is 0 Å². The smallest absolute Gasteiger partial charge is 0.458 e. The SMILES string of the molecule is O=S([O-])C(F)(F)C(F)(F)OC(F)(C(F)(F)F)C(F)(F)OC(F)(Br)C(F)(F)Br. The summed E-state index contributed by atoms with van der Waals surface area (Å²) in [5, 5.41) is -6.73. The molecule has 0 rings (SSSR count). The lowest BCUT2D eigenvalue weighted by atomic mass is 10.2. The third kappa shape index (κ3) is 5.17. The van der Waals surface area contributed by atoms with Crippen LogP contribution in [0.15, 0.2) is 0 Å². The average Bonchev–Trinajstić information content (AvgIpc) is 2.33. The molecule has 0 aliphatic heterocycles. The van der Waals surface area contributed by atoms with E-state index in [1.807, 2.05) is 0 Å². The highest BCUT2D eigenvalue weighted by atomic mass is 79.9. The van der Waals surface area contributed by atoms with Gasteiger partial charge >= 0.3 is 39.1 Å². The van der Waals surface area contributed by atoms with Crippen LogP contribution < -0.4 is 0 Å². The number of hydrogen-bond donors (Lipinski definition) is 0. The molecule has 0 fully saturated rings. The third-order valence-electron chi connectivity index (χ3n) is 2.14. The van der Waals surface area contributed by atoms with Gasteiger partial charge in [0.2, 0.25) is 0 Å². The zero-order valence-corrected chi connectivity index (χ0v) is 15.2. The van der Waals surface area contributed by atoms with Crippen LogP contribution in [0.3, 0.4) is 0 Å². The summed E-state index contributed by atoms with van der Waals surface area (Å²) in [4.78, 5) is -5.36. The molecule has 27 heavy (non-hydrogen) atoms. The summed E-state index contributed by atoms with van der Waals surface area (Å²) in [6.45, 7) is 0. The molecule has 3 unspecified atom stereocenters.